The van der Waals surface area contributed by atoms with Crippen molar-refractivity contribution in [1.29, 1.82) is 0 Å². The van der Waals surface area contributed by atoms with Gasteiger partial charge in [-0.25, -0.2) is 4.79 Å². The van der Waals surface area contributed by atoms with Gasteiger partial charge < -0.3 is 4.74 Å². The summed E-state index contributed by atoms with van der Waals surface area (Å²) in [5, 5.41) is 0. The Hall–Kier alpha value is -0.610. The molecule has 0 aromatic carbocycles. The van der Waals surface area contributed by atoms with Crippen LogP contribution in [0.5, 0.6) is 0 Å². The van der Waals surface area contributed by atoms with Crippen molar-refractivity contribution in [3.63, 3.8) is 0 Å². The highest BCUT2D eigenvalue weighted by molar-refractivity contribution is 5.72. The molecule has 0 aromatic heterocycles. The SMILES string of the molecule is O=C(OOC1CCCCO1)C1CCC1. The third kappa shape index (κ3) is 2.45. The van der Waals surface area contributed by atoms with Crippen LogP contribution >= 0.6 is 0 Å². The van der Waals surface area contributed by atoms with Crippen molar-refractivity contribution in [3.05, 3.63) is 0 Å². The molecule has 2 aliphatic rings. The maximum absolute atomic E-state index is 11.3. The fraction of sp³-hybridized carbons (Fsp3) is 0.900. The molecule has 1 saturated carbocycles. The van der Waals surface area contributed by atoms with Crippen molar-refractivity contribution in [2.75, 3.05) is 6.61 Å². The topological polar surface area (TPSA) is 44.8 Å². The van der Waals surface area contributed by atoms with Crippen LogP contribution < -0.4 is 0 Å². The van der Waals surface area contributed by atoms with Gasteiger partial charge in [0.2, 0.25) is 6.29 Å². The Labute approximate surface area is 83.4 Å². The van der Waals surface area contributed by atoms with Gasteiger partial charge in [-0.05, 0) is 25.7 Å². The first-order valence-corrected chi connectivity index (χ1v) is 5.35. The molecule has 1 saturated heterocycles. The Morgan fingerprint density at radius 3 is 2.57 bits per heavy atom. The average Bonchev–Trinajstić information content (AvgIpc) is 2.14. The normalized spacial score (nSPS) is 28.1. The van der Waals surface area contributed by atoms with E-state index in [0.717, 1.165) is 38.5 Å². The molecule has 1 unspecified atom stereocenters. The van der Waals surface area contributed by atoms with E-state index < -0.39 is 0 Å². The molecule has 0 N–H and O–H groups in total. The van der Waals surface area contributed by atoms with Crippen LogP contribution in [0.15, 0.2) is 0 Å². The van der Waals surface area contributed by atoms with Gasteiger partial charge in [-0.15, -0.1) is 0 Å². The Morgan fingerprint density at radius 1 is 1.14 bits per heavy atom. The molecule has 2 fully saturated rings. The lowest BCUT2D eigenvalue weighted by Crippen LogP contribution is -2.28. The predicted octanol–water partition coefficient (Wildman–Crippen LogP) is 1.79. The quantitative estimate of drug-likeness (QED) is 0.514. The van der Waals surface area contributed by atoms with Gasteiger partial charge in [0.05, 0.1) is 5.92 Å². The third-order valence-electron chi connectivity index (χ3n) is 2.81. The summed E-state index contributed by atoms with van der Waals surface area (Å²) < 4.78 is 5.26. The minimum absolute atomic E-state index is 0.0681. The van der Waals surface area contributed by atoms with Crippen LogP contribution in [0, 0.1) is 5.92 Å². The predicted molar refractivity (Wildman–Crippen MR) is 48.1 cm³/mol. The van der Waals surface area contributed by atoms with Crippen LogP contribution in [0.25, 0.3) is 0 Å². The number of hydrogen-bond acceptors (Lipinski definition) is 4. The zero-order valence-corrected chi connectivity index (χ0v) is 8.24. The Balaban J connectivity index is 1.62. The van der Waals surface area contributed by atoms with Crippen LogP contribution in [0.1, 0.15) is 38.5 Å². The van der Waals surface area contributed by atoms with Gasteiger partial charge in [0.15, 0.2) is 0 Å². The van der Waals surface area contributed by atoms with E-state index in [4.69, 9.17) is 14.5 Å². The van der Waals surface area contributed by atoms with E-state index in [9.17, 15) is 4.79 Å². The number of rotatable bonds is 3. The Kier molecular flexibility index (Phi) is 3.37. The van der Waals surface area contributed by atoms with E-state index in [1.165, 1.54) is 0 Å². The monoisotopic (exact) mass is 200 g/mol. The molecule has 1 heterocycles. The van der Waals surface area contributed by atoms with E-state index in [0.29, 0.717) is 6.61 Å². The Bertz CT molecular complexity index is 194. The zero-order valence-electron chi connectivity index (χ0n) is 8.24. The standard InChI is InChI=1S/C10H16O4/c11-10(8-4-3-5-8)14-13-9-6-1-2-7-12-9/h8-9H,1-7H2. The molecular weight excluding hydrogens is 184 g/mol. The molecule has 0 aromatic rings. The summed E-state index contributed by atoms with van der Waals surface area (Å²) in [4.78, 5) is 20.9. The fourth-order valence-corrected chi connectivity index (χ4v) is 1.60. The van der Waals surface area contributed by atoms with Gasteiger partial charge in [-0.1, -0.05) is 6.42 Å². The molecule has 0 amide bonds. The maximum Gasteiger partial charge on any atom is 0.345 e. The van der Waals surface area contributed by atoms with E-state index in [-0.39, 0.29) is 18.2 Å². The van der Waals surface area contributed by atoms with Crippen molar-refractivity contribution in [2.45, 2.75) is 44.8 Å². The van der Waals surface area contributed by atoms with Crippen LogP contribution in [0.3, 0.4) is 0 Å². The smallest absolute Gasteiger partial charge is 0.345 e. The lowest BCUT2D eigenvalue weighted by molar-refractivity contribution is -0.361. The van der Waals surface area contributed by atoms with E-state index in [1.54, 1.807) is 0 Å². The molecule has 0 bridgehead atoms. The van der Waals surface area contributed by atoms with Crippen LogP contribution in [0.4, 0.5) is 0 Å². The summed E-state index contributed by atoms with van der Waals surface area (Å²) in [5.74, 6) is -0.163. The minimum Gasteiger partial charge on any atom is -0.349 e. The van der Waals surface area contributed by atoms with Gasteiger partial charge in [0, 0.05) is 13.0 Å². The summed E-state index contributed by atoms with van der Waals surface area (Å²) >= 11 is 0. The van der Waals surface area contributed by atoms with Crippen LogP contribution in [-0.4, -0.2) is 18.9 Å². The van der Waals surface area contributed by atoms with Crippen molar-refractivity contribution >= 4 is 5.97 Å². The van der Waals surface area contributed by atoms with Crippen molar-refractivity contribution in [1.82, 2.24) is 0 Å². The second-order valence-corrected chi connectivity index (χ2v) is 3.92. The molecule has 1 aliphatic carbocycles. The van der Waals surface area contributed by atoms with Crippen LogP contribution in [0.2, 0.25) is 0 Å². The fourth-order valence-electron chi connectivity index (χ4n) is 1.60. The van der Waals surface area contributed by atoms with Gasteiger partial charge >= 0.3 is 5.97 Å². The first-order chi connectivity index (χ1) is 6.86. The van der Waals surface area contributed by atoms with Crippen LogP contribution in [-0.2, 0) is 19.3 Å². The van der Waals surface area contributed by atoms with Gasteiger partial charge in [0.25, 0.3) is 0 Å². The molecule has 80 valence electrons. The van der Waals surface area contributed by atoms with E-state index in [2.05, 4.69) is 0 Å². The highest BCUT2D eigenvalue weighted by Gasteiger charge is 2.28. The average molecular weight is 200 g/mol. The summed E-state index contributed by atoms with van der Waals surface area (Å²) in [7, 11) is 0. The first-order valence-electron chi connectivity index (χ1n) is 5.35. The molecule has 4 nitrogen and oxygen atoms in total. The van der Waals surface area contributed by atoms with Crippen molar-refractivity contribution < 1.29 is 19.3 Å². The lowest BCUT2D eigenvalue weighted by Gasteiger charge is -2.25. The largest absolute Gasteiger partial charge is 0.349 e. The molecule has 14 heavy (non-hydrogen) atoms. The van der Waals surface area contributed by atoms with E-state index >= 15 is 0 Å². The Morgan fingerprint density at radius 2 is 2.00 bits per heavy atom. The molecule has 2 rings (SSSR count). The number of ether oxygens (including phenoxy) is 1. The number of hydrogen-bond donors (Lipinski definition) is 0. The van der Waals surface area contributed by atoms with Crippen molar-refractivity contribution in [3.8, 4) is 0 Å². The van der Waals surface area contributed by atoms with Gasteiger partial charge in [-0.3, -0.25) is 4.89 Å². The van der Waals surface area contributed by atoms with Gasteiger partial charge in [0.1, 0.15) is 0 Å². The molecule has 0 radical (unpaired) electrons. The van der Waals surface area contributed by atoms with Gasteiger partial charge in [-0.2, -0.15) is 4.89 Å². The lowest BCUT2D eigenvalue weighted by atomic mass is 9.86. The highest BCUT2D eigenvalue weighted by Crippen LogP contribution is 2.27. The highest BCUT2D eigenvalue weighted by atomic mass is 17.2. The molecular formula is C10H16O4. The van der Waals surface area contributed by atoms with Crippen molar-refractivity contribution in [2.24, 2.45) is 5.92 Å². The van der Waals surface area contributed by atoms with E-state index in [1.807, 2.05) is 0 Å². The first kappa shape index (κ1) is 9.93. The number of carbonyl (C=O) groups excluding carboxylic acids is 1. The molecule has 1 aliphatic heterocycles. The zero-order chi connectivity index (χ0) is 9.80. The second kappa shape index (κ2) is 4.75. The summed E-state index contributed by atoms with van der Waals surface area (Å²) in [6.45, 7) is 0.700. The summed E-state index contributed by atoms with van der Waals surface area (Å²) in [6.07, 6.45) is 5.62. The summed E-state index contributed by atoms with van der Waals surface area (Å²) in [5.41, 5.74) is 0. The minimum atomic E-state index is -0.340. The number of carbonyl (C=O) groups is 1. The maximum atomic E-state index is 11.3. The molecule has 0 spiro atoms. The third-order valence-corrected chi connectivity index (χ3v) is 2.81. The second-order valence-electron chi connectivity index (χ2n) is 3.92. The summed E-state index contributed by atoms with van der Waals surface area (Å²) in [6, 6.07) is 0. The molecule has 1 atom stereocenters. The molecule has 4 heteroatoms.